The van der Waals surface area contributed by atoms with Crippen LogP contribution in [-0.4, -0.2) is 51.8 Å². The molecule has 1 N–H and O–H groups in total. The lowest BCUT2D eigenvalue weighted by Crippen LogP contribution is -2.24. The molecule has 0 radical (unpaired) electrons. The van der Waals surface area contributed by atoms with Gasteiger partial charge < -0.3 is 15.0 Å². The van der Waals surface area contributed by atoms with Crippen LogP contribution in [0.2, 0.25) is 0 Å². The van der Waals surface area contributed by atoms with Gasteiger partial charge >= 0.3 is 0 Å². The normalized spacial score (nSPS) is 11.0. The largest absolute Gasteiger partial charge is 0.380 e. The van der Waals surface area contributed by atoms with Crippen LogP contribution in [0, 0.1) is 0 Å². The minimum absolute atomic E-state index is 0.819. The highest BCUT2D eigenvalue weighted by Gasteiger charge is 1.90. The number of nitrogens with zero attached hydrogens (tertiary/aromatic N) is 1. The standard InChI is InChI=1S/C9H22N2O/c1-4-12-9-7-10-6-5-8-11(2)3/h10H,4-9H2,1-3H3. The van der Waals surface area contributed by atoms with Crippen LogP contribution in [-0.2, 0) is 4.74 Å². The Morgan fingerprint density at radius 3 is 2.58 bits per heavy atom. The van der Waals surface area contributed by atoms with Crippen molar-refractivity contribution in [1.29, 1.82) is 0 Å². The van der Waals surface area contributed by atoms with E-state index in [1.165, 1.54) is 6.42 Å². The molecule has 0 heterocycles. The van der Waals surface area contributed by atoms with E-state index >= 15 is 0 Å². The van der Waals surface area contributed by atoms with Crippen LogP contribution in [0.1, 0.15) is 13.3 Å². The summed E-state index contributed by atoms with van der Waals surface area (Å²) < 4.78 is 5.19. The lowest BCUT2D eigenvalue weighted by Gasteiger charge is -2.09. The number of nitrogens with one attached hydrogen (secondary N) is 1. The average Bonchev–Trinajstić information content (AvgIpc) is 2.02. The zero-order chi connectivity index (χ0) is 9.23. The van der Waals surface area contributed by atoms with Crippen molar-refractivity contribution in [2.75, 3.05) is 46.9 Å². The maximum Gasteiger partial charge on any atom is 0.0590 e. The van der Waals surface area contributed by atoms with E-state index < -0.39 is 0 Å². The zero-order valence-corrected chi connectivity index (χ0v) is 8.60. The van der Waals surface area contributed by atoms with Crippen molar-refractivity contribution in [2.45, 2.75) is 13.3 Å². The molecule has 0 amide bonds. The second kappa shape index (κ2) is 8.97. The molecule has 0 bridgehead atoms. The highest BCUT2D eigenvalue weighted by atomic mass is 16.5. The van der Waals surface area contributed by atoms with E-state index in [-0.39, 0.29) is 0 Å². The van der Waals surface area contributed by atoms with Gasteiger partial charge in [-0.3, -0.25) is 0 Å². The third-order valence-corrected chi connectivity index (χ3v) is 1.59. The van der Waals surface area contributed by atoms with Crippen LogP contribution < -0.4 is 5.32 Å². The van der Waals surface area contributed by atoms with E-state index in [1.807, 2.05) is 6.92 Å². The fraction of sp³-hybridized carbons (Fsp3) is 1.00. The fourth-order valence-electron chi connectivity index (χ4n) is 0.934. The molecule has 0 fully saturated rings. The molecule has 0 aliphatic heterocycles. The summed E-state index contributed by atoms with van der Waals surface area (Å²) >= 11 is 0. The maximum atomic E-state index is 5.19. The third-order valence-electron chi connectivity index (χ3n) is 1.59. The first kappa shape index (κ1) is 11.9. The van der Waals surface area contributed by atoms with Gasteiger partial charge in [-0.2, -0.15) is 0 Å². The Balaban J connectivity index is 2.82. The second-order valence-corrected chi connectivity index (χ2v) is 3.10. The van der Waals surface area contributed by atoms with Gasteiger partial charge in [-0.15, -0.1) is 0 Å². The lowest BCUT2D eigenvalue weighted by molar-refractivity contribution is 0.149. The van der Waals surface area contributed by atoms with Gasteiger partial charge in [-0.05, 0) is 40.5 Å². The van der Waals surface area contributed by atoms with Crippen molar-refractivity contribution in [3.63, 3.8) is 0 Å². The van der Waals surface area contributed by atoms with Gasteiger partial charge in [0.05, 0.1) is 6.61 Å². The van der Waals surface area contributed by atoms with Crippen LogP contribution in [0.15, 0.2) is 0 Å². The van der Waals surface area contributed by atoms with Crippen LogP contribution in [0.4, 0.5) is 0 Å². The SMILES string of the molecule is CCOCCNCCCN(C)C. The monoisotopic (exact) mass is 174 g/mol. The molecule has 0 spiro atoms. The molecule has 0 atom stereocenters. The van der Waals surface area contributed by atoms with Gasteiger partial charge in [-0.25, -0.2) is 0 Å². The number of hydrogen-bond acceptors (Lipinski definition) is 3. The summed E-state index contributed by atoms with van der Waals surface area (Å²) in [5, 5.41) is 3.32. The second-order valence-electron chi connectivity index (χ2n) is 3.10. The van der Waals surface area contributed by atoms with Gasteiger partial charge in [0.1, 0.15) is 0 Å². The summed E-state index contributed by atoms with van der Waals surface area (Å²) in [5.41, 5.74) is 0. The molecule has 0 aromatic rings. The van der Waals surface area contributed by atoms with Gasteiger partial charge in [0.15, 0.2) is 0 Å². The van der Waals surface area contributed by atoms with Gasteiger partial charge in [0.25, 0.3) is 0 Å². The Labute approximate surface area is 76.1 Å². The first-order valence-corrected chi connectivity index (χ1v) is 4.70. The first-order chi connectivity index (χ1) is 5.77. The molecule has 3 heteroatoms. The van der Waals surface area contributed by atoms with E-state index in [9.17, 15) is 0 Å². The molecular weight excluding hydrogens is 152 g/mol. The topological polar surface area (TPSA) is 24.5 Å². The van der Waals surface area contributed by atoms with Crippen LogP contribution >= 0.6 is 0 Å². The van der Waals surface area contributed by atoms with E-state index in [0.717, 1.165) is 32.8 Å². The number of ether oxygens (including phenoxy) is 1. The zero-order valence-electron chi connectivity index (χ0n) is 8.60. The quantitative estimate of drug-likeness (QED) is 0.544. The lowest BCUT2D eigenvalue weighted by atomic mass is 10.4. The Morgan fingerprint density at radius 1 is 1.25 bits per heavy atom. The van der Waals surface area contributed by atoms with Crippen LogP contribution in [0.25, 0.3) is 0 Å². The van der Waals surface area contributed by atoms with Crippen LogP contribution in [0.3, 0.4) is 0 Å². The molecule has 0 unspecified atom stereocenters. The molecule has 0 aliphatic carbocycles. The summed E-state index contributed by atoms with van der Waals surface area (Å²) in [6, 6.07) is 0. The van der Waals surface area contributed by atoms with E-state index in [0.29, 0.717) is 0 Å². The molecule has 0 aromatic carbocycles. The fourth-order valence-corrected chi connectivity index (χ4v) is 0.934. The summed E-state index contributed by atoms with van der Waals surface area (Å²) in [4.78, 5) is 2.20. The van der Waals surface area contributed by atoms with Crippen molar-refractivity contribution in [3.8, 4) is 0 Å². The van der Waals surface area contributed by atoms with Gasteiger partial charge in [-0.1, -0.05) is 0 Å². The van der Waals surface area contributed by atoms with Gasteiger partial charge in [0.2, 0.25) is 0 Å². The summed E-state index contributed by atoms with van der Waals surface area (Å²) in [5.74, 6) is 0. The Morgan fingerprint density at radius 2 is 2.00 bits per heavy atom. The predicted octanol–water partition coefficient (Wildman–Crippen LogP) is 0.564. The predicted molar refractivity (Wildman–Crippen MR) is 52.5 cm³/mol. The Kier molecular flexibility index (Phi) is 8.88. The molecule has 74 valence electrons. The summed E-state index contributed by atoms with van der Waals surface area (Å²) in [6.07, 6.45) is 1.21. The van der Waals surface area contributed by atoms with E-state index in [2.05, 4.69) is 24.3 Å². The molecule has 0 aliphatic rings. The highest BCUT2D eigenvalue weighted by Crippen LogP contribution is 1.80. The van der Waals surface area contributed by atoms with Crippen molar-refractivity contribution >= 4 is 0 Å². The average molecular weight is 174 g/mol. The Bertz CT molecular complexity index is 86.6. The third kappa shape index (κ3) is 9.88. The minimum Gasteiger partial charge on any atom is -0.380 e. The van der Waals surface area contributed by atoms with Crippen molar-refractivity contribution in [1.82, 2.24) is 10.2 Å². The molecule has 0 aromatic heterocycles. The number of hydrogen-bond donors (Lipinski definition) is 1. The molecule has 0 rings (SSSR count). The molecule has 0 saturated heterocycles. The molecule has 3 nitrogen and oxygen atoms in total. The van der Waals surface area contributed by atoms with Crippen molar-refractivity contribution < 1.29 is 4.74 Å². The smallest absolute Gasteiger partial charge is 0.0590 e. The highest BCUT2D eigenvalue weighted by molar-refractivity contribution is 4.49. The van der Waals surface area contributed by atoms with Crippen molar-refractivity contribution in [3.05, 3.63) is 0 Å². The molecule has 0 saturated carbocycles. The Hall–Kier alpha value is -0.120. The summed E-state index contributed by atoms with van der Waals surface area (Å²) in [6.45, 7) is 6.89. The van der Waals surface area contributed by atoms with E-state index in [4.69, 9.17) is 4.74 Å². The first-order valence-electron chi connectivity index (χ1n) is 4.70. The molecule has 12 heavy (non-hydrogen) atoms. The maximum absolute atomic E-state index is 5.19. The molecular formula is C9H22N2O. The van der Waals surface area contributed by atoms with Crippen molar-refractivity contribution in [2.24, 2.45) is 0 Å². The number of rotatable bonds is 8. The summed E-state index contributed by atoms with van der Waals surface area (Å²) in [7, 11) is 4.19. The van der Waals surface area contributed by atoms with E-state index in [1.54, 1.807) is 0 Å². The van der Waals surface area contributed by atoms with Crippen LogP contribution in [0.5, 0.6) is 0 Å². The van der Waals surface area contributed by atoms with Gasteiger partial charge in [0, 0.05) is 13.2 Å². The minimum atomic E-state index is 0.819.